The second kappa shape index (κ2) is 7.47. The third kappa shape index (κ3) is 4.81. The van der Waals surface area contributed by atoms with Gasteiger partial charge in [-0.05, 0) is 24.6 Å². The fourth-order valence-corrected chi connectivity index (χ4v) is 1.40. The number of anilines is 1. The van der Waals surface area contributed by atoms with Gasteiger partial charge in [-0.25, -0.2) is 4.39 Å². The summed E-state index contributed by atoms with van der Waals surface area (Å²) in [6, 6.07) is 4.58. The van der Waals surface area contributed by atoms with E-state index in [1.165, 1.54) is 6.07 Å². The predicted molar refractivity (Wildman–Crippen MR) is 65.6 cm³/mol. The van der Waals surface area contributed by atoms with Crippen molar-refractivity contribution in [2.75, 3.05) is 25.1 Å². The van der Waals surface area contributed by atoms with Crippen molar-refractivity contribution in [3.8, 4) is 0 Å². The molecule has 0 saturated carbocycles. The highest BCUT2D eigenvalue weighted by Crippen LogP contribution is 2.18. The average Bonchev–Trinajstić information content (AvgIpc) is 2.26. The van der Waals surface area contributed by atoms with Gasteiger partial charge >= 0.3 is 0 Å². The van der Waals surface area contributed by atoms with Crippen molar-refractivity contribution in [1.82, 2.24) is 0 Å². The first-order valence-electron chi connectivity index (χ1n) is 5.50. The molecule has 0 aromatic heterocycles. The fraction of sp³-hybridized carbons (Fsp3) is 0.500. The lowest BCUT2D eigenvalue weighted by Gasteiger charge is -2.08. The van der Waals surface area contributed by atoms with Crippen molar-refractivity contribution in [3.63, 3.8) is 0 Å². The largest absolute Gasteiger partial charge is 0.380 e. The smallest absolute Gasteiger partial charge is 0.147 e. The molecule has 0 aliphatic rings. The molecule has 0 saturated heterocycles. The normalized spacial score (nSPS) is 10.4. The van der Waals surface area contributed by atoms with Crippen LogP contribution in [-0.2, 0) is 4.74 Å². The van der Waals surface area contributed by atoms with Crippen LogP contribution in [0.4, 0.5) is 10.1 Å². The van der Waals surface area contributed by atoms with E-state index in [0.717, 1.165) is 19.4 Å². The number of hydrogen-bond donors (Lipinski definition) is 1. The first kappa shape index (κ1) is 13.3. The third-order valence-electron chi connectivity index (χ3n) is 2.14. The van der Waals surface area contributed by atoms with Crippen LogP contribution in [0.3, 0.4) is 0 Å². The first-order chi connectivity index (χ1) is 7.74. The Morgan fingerprint density at radius 2 is 2.19 bits per heavy atom. The molecule has 0 aliphatic heterocycles. The summed E-state index contributed by atoms with van der Waals surface area (Å²) in [6.07, 6.45) is 2.19. The molecular weight excluding hydrogens is 229 g/mol. The van der Waals surface area contributed by atoms with Crippen LogP contribution in [0.5, 0.6) is 0 Å². The van der Waals surface area contributed by atoms with Crippen molar-refractivity contribution in [2.24, 2.45) is 0 Å². The molecular formula is C12H17ClFNO. The van der Waals surface area contributed by atoms with Crippen LogP contribution in [0.15, 0.2) is 18.2 Å². The van der Waals surface area contributed by atoms with Gasteiger partial charge in [0.05, 0.1) is 12.3 Å². The lowest BCUT2D eigenvalue weighted by molar-refractivity contribution is 0.141. The molecule has 0 bridgehead atoms. The molecule has 0 radical (unpaired) electrons. The summed E-state index contributed by atoms with van der Waals surface area (Å²) < 4.78 is 18.6. The van der Waals surface area contributed by atoms with Crippen molar-refractivity contribution < 1.29 is 9.13 Å². The number of hydrogen-bond acceptors (Lipinski definition) is 2. The van der Waals surface area contributed by atoms with Gasteiger partial charge in [-0.15, -0.1) is 0 Å². The minimum atomic E-state index is -0.332. The van der Waals surface area contributed by atoms with E-state index in [-0.39, 0.29) is 5.82 Å². The zero-order chi connectivity index (χ0) is 11.8. The summed E-state index contributed by atoms with van der Waals surface area (Å²) in [5.74, 6) is -0.332. The van der Waals surface area contributed by atoms with E-state index < -0.39 is 0 Å². The van der Waals surface area contributed by atoms with E-state index in [2.05, 4.69) is 12.2 Å². The van der Waals surface area contributed by atoms with E-state index in [9.17, 15) is 4.39 Å². The zero-order valence-electron chi connectivity index (χ0n) is 9.43. The summed E-state index contributed by atoms with van der Waals surface area (Å²) in [5.41, 5.74) is 0.462. The molecule has 1 rings (SSSR count). The highest BCUT2D eigenvalue weighted by Gasteiger charge is 2.01. The van der Waals surface area contributed by atoms with Crippen molar-refractivity contribution in [3.05, 3.63) is 29.0 Å². The van der Waals surface area contributed by atoms with E-state index in [4.69, 9.17) is 16.3 Å². The molecule has 0 fully saturated rings. The molecule has 0 atom stereocenters. The molecule has 2 nitrogen and oxygen atoms in total. The van der Waals surface area contributed by atoms with E-state index in [1.807, 2.05) is 0 Å². The van der Waals surface area contributed by atoms with E-state index in [1.54, 1.807) is 12.1 Å². The molecule has 90 valence electrons. The second-order valence-corrected chi connectivity index (χ2v) is 3.95. The van der Waals surface area contributed by atoms with Crippen LogP contribution in [0, 0.1) is 5.82 Å². The maximum atomic E-state index is 13.3. The van der Waals surface area contributed by atoms with Crippen LogP contribution in [0.25, 0.3) is 0 Å². The standard InChI is InChI=1S/C12H17ClFNO/c1-2-3-7-16-8-6-15-12-5-4-10(13)9-11(12)14/h4-5,9,15H,2-3,6-8H2,1H3. The van der Waals surface area contributed by atoms with Gasteiger partial charge < -0.3 is 10.1 Å². The van der Waals surface area contributed by atoms with Gasteiger partial charge in [0, 0.05) is 18.2 Å². The number of unbranched alkanes of at least 4 members (excludes halogenated alkanes) is 1. The maximum Gasteiger partial charge on any atom is 0.147 e. The van der Waals surface area contributed by atoms with E-state index >= 15 is 0 Å². The van der Waals surface area contributed by atoms with Gasteiger partial charge in [0.25, 0.3) is 0 Å². The van der Waals surface area contributed by atoms with Gasteiger partial charge in [-0.1, -0.05) is 24.9 Å². The lowest BCUT2D eigenvalue weighted by atomic mass is 10.3. The Labute approximate surface area is 101 Å². The Morgan fingerprint density at radius 3 is 2.88 bits per heavy atom. The second-order valence-electron chi connectivity index (χ2n) is 3.52. The average molecular weight is 246 g/mol. The summed E-state index contributed by atoms with van der Waals surface area (Å²) in [4.78, 5) is 0. The molecule has 16 heavy (non-hydrogen) atoms. The van der Waals surface area contributed by atoms with E-state index in [0.29, 0.717) is 23.9 Å². The molecule has 1 N–H and O–H groups in total. The lowest BCUT2D eigenvalue weighted by Crippen LogP contribution is -2.10. The highest BCUT2D eigenvalue weighted by molar-refractivity contribution is 6.30. The Morgan fingerprint density at radius 1 is 1.38 bits per heavy atom. The van der Waals surface area contributed by atoms with Gasteiger partial charge in [0.1, 0.15) is 5.82 Å². The Hall–Kier alpha value is -0.800. The van der Waals surface area contributed by atoms with Crippen molar-refractivity contribution in [1.29, 1.82) is 0 Å². The SMILES string of the molecule is CCCCOCCNc1ccc(Cl)cc1F. The molecule has 0 spiro atoms. The summed E-state index contributed by atoms with van der Waals surface area (Å²) >= 11 is 5.64. The number of ether oxygens (including phenoxy) is 1. The van der Waals surface area contributed by atoms with Crippen molar-refractivity contribution in [2.45, 2.75) is 19.8 Å². The summed E-state index contributed by atoms with van der Waals surface area (Å²) in [6.45, 7) is 4.07. The Bertz CT molecular complexity index is 320. The van der Waals surface area contributed by atoms with Crippen molar-refractivity contribution >= 4 is 17.3 Å². The number of benzene rings is 1. The molecule has 0 amide bonds. The van der Waals surface area contributed by atoms with Crippen LogP contribution in [-0.4, -0.2) is 19.8 Å². The van der Waals surface area contributed by atoms with Gasteiger partial charge in [0.2, 0.25) is 0 Å². The molecule has 0 aliphatic carbocycles. The summed E-state index contributed by atoms with van der Waals surface area (Å²) in [5, 5.41) is 3.36. The Balaban J connectivity index is 2.21. The topological polar surface area (TPSA) is 21.3 Å². The molecule has 1 aromatic carbocycles. The minimum Gasteiger partial charge on any atom is -0.380 e. The Kier molecular flexibility index (Phi) is 6.19. The number of rotatable bonds is 7. The number of nitrogens with one attached hydrogen (secondary N) is 1. The van der Waals surface area contributed by atoms with Crippen LogP contribution in [0.1, 0.15) is 19.8 Å². The van der Waals surface area contributed by atoms with Crippen LogP contribution >= 0.6 is 11.6 Å². The molecule has 0 unspecified atom stereocenters. The quantitative estimate of drug-likeness (QED) is 0.740. The zero-order valence-corrected chi connectivity index (χ0v) is 10.2. The minimum absolute atomic E-state index is 0.332. The van der Waals surface area contributed by atoms with Gasteiger partial charge in [0.15, 0.2) is 0 Å². The molecule has 1 aromatic rings. The predicted octanol–water partition coefficient (Wildman–Crippen LogP) is 3.71. The van der Waals surface area contributed by atoms with Gasteiger partial charge in [-0.2, -0.15) is 0 Å². The van der Waals surface area contributed by atoms with Crippen LogP contribution in [0.2, 0.25) is 5.02 Å². The summed E-state index contributed by atoms with van der Waals surface area (Å²) in [7, 11) is 0. The van der Waals surface area contributed by atoms with Crippen LogP contribution < -0.4 is 5.32 Å². The maximum absolute atomic E-state index is 13.3. The number of halogens is 2. The monoisotopic (exact) mass is 245 g/mol. The fourth-order valence-electron chi connectivity index (χ4n) is 1.24. The molecule has 4 heteroatoms. The third-order valence-corrected chi connectivity index (χ3v) is 2.37. The first-order valence-corrected chi connectivity index (χ1v) is 5.88. The highest BCUT2D eigenvalue weighted by atomic mass is 35.5. The van der Waals surface area contributed by atoms with Gasteiger partial charge in [-0.3, -0.25) is 0 Å². The molecule has 0 heterocycles.